The van der Waals surface area contributed by atoms with Gasteiger partial charge >= 0.3 is 0 Å². The Hall–Kier alpha value is -4.52. The molecule has 4 aromatic rings. The normalized spacial score (nSPS) is 13.9. The van der Waals surface area contributed by atoms with Gasteiger partial charge in [-0.15, -0.1) is 0 Å². The van der Waals surface area contributed by atoms with Crippen molar-refractivity contribution in [2.24, 2.45) is 0 Å². The first-order chi connectivity index (χ1) is 16.5. The van der Waals surface area contributed by atoms with Gasteiger partial charge in [-0.1, -0.05) is 12.1 Å². The van der Waals surface area contributed by atoms with Crippen molar-refractivity contribution in [2.75, 3.05) is 18.2 Å². The number of benzene rings is 1. The molecule has 1 aliphatic carbocycles. The van der Waals surface area contributed by atoms with Gasteiger partial charge in [0.15, 0.2) is 0 Å². The van der Waals surface area contributed by atoms with Crippen LogP contribution in [0.1, 0.15) is 43.2 Å². The van der Waals surface area contributed by atoms with Gasteiger partial charge in [-0.2, -0.15) is 10.2 Å². The molecule has 0 bridgehead atoms. The van der Waals surface area contributed by atoms with Crippen molar-refractivity contribution in [3.63, 3.8) is 0 Å². The summed E-state index contributed by atoms with van der Waals surface area (Å²) in [5.74, 6) is 1.43. The Bertz CT molecular complexity index is 1490. The number of nitrogens with one attached hydrogen (secondary N) is 1. The second kappa shape index (κ2) is 8.44. The second-order valence-corrected chi connectivity index (χ2v) is 8.13. The molecule has 3 aromatic heterocycles. The summed E-state index contributed by atoms with van der Waals surface area (Å²) in [4.78, 5) is 31.0. The van der Waals surface area contributed by atoms with Crippen LogP contribution < -0.4 is 21.3 Å². The quantitative estimate of drug-likeness (QED) is 0.448. The molecule has 0 radical (unpaired) electrons. The Labute approximate surface area is 195 Å². The van der Waals surface area contributed by atoms with Crippen molar-refractivity contribution in [1.82, 2.24) is 24.5 Å². The standard InChI is InChI=1S/C24H22N8O2/c1-13(29-21-15(10-25)12-28-24(26)31-21)22-30-18-5-3-4-17(14-6-9-19(34-2)27-11-14)20(18)23(33)32(22)16-7-8-16/h3-6,9,11-13,16H,7-8H2,1-2H3,(H3,26,28,29,31)/t13-/m1/s1. The van der Waals surface area contributed by atoms with E-state index in [0.717, 1.165) is 24.0 Å². The molecule has 3 heterocycles. The molecule has 3 N–H and O–H groups in total. The van der Waals surface area contributed by atoms with E-state index in [4.69, 9.17) is 15.5 Å². The second-order valence-electron chi connectivity index (χ2n) is 8.13. The van der Waals surface area contributed by atoms with E-state index >= 15 is 0 Å². The lowest BCUT2D eigenvalue weighted by Crippen LogP contribution is -2.28. The molecule has 1 aromatic carbocycles. The maximum Gasteiger partial charge on any atom is 0.262 e. The predicted octanol–water partition coefficient (Wildman–Crippen LogP) is 3.22. The van der Waals surface area contributed by atoms with Crippen LogP contribution in [0.15, 0.2) is 47.5 Å². The van der Waals surface area contributed by atoms with Gasteiger partial charge in [0.25, 0.3) is 5.56 Å². The van der Waals surface area contributed by atoms with Gasteiger partial charge in [0.05, 0.1) is 30.3 Å². The molecule has 1 aliphatic rings. The summed E-state index contributed by atoms with van der Waals surface area (Å²) in [5, 5.41) is 13.1. The third-order valence-corrected chi connectivity index (χ3v) is 5.79. The number of aromatic nitrogens is 5. The van der Waals surface area contributed by atoms with Gasteiger partial charge < -0.3 is 15.8 Å². The Morgan fingerprint density at radius 2 is 2.03 bits per heavy atom. The smallest absolute Gasteiger partial charge is 0.262 e. The van der Waals surface area contributed by atoms with Crippen LogP contribution in [0.5, 0.6) is 5.88 Å². The number of nitrogen functional groups attached to an aromatic ring is 1. The number of rotatable bonds is 6. The van der Waals surface area contributed by atoms with Crippen LogP contribution in [-0.2, 0) is 0 Å². The van der Waals surface area contributed by atoms with Crippen molar-refractivity contribution in [2.45, 2.75) is 31.8 Å². The van der Waals surface area contributed by atoms with Gasteiger partial charge in [-0.05, 0) is 37.5 Å². The summed E-state index contributed by atoms with van der Waals surface area (Å²) in [5.41, 5.74) is 8.03. The van der Waals surface area contributed by atoms with Crippen molar-refractivity contribution in [1.29, 1.82) is 5.26 Å². The first-order valence-corrected chi connectivity index (χ1v) is 10.8. The molecule has 5 rings (SSSR count). The van der Waals surface area contributed by atoms with E-state index in [2.05, 4.69) is 26.3 Å². The lowest BCUT2D eigenvalue weighted by molar-refractivity contribution is 0.398. The fourth-order valence-electron chi connectivity index (χ4n) is 4.01. The van der Waals surface area contributed by atoms with E-state index in [-0.39, 0.29) is 23.1 Å². The first kappa shape index (κ1) is 21.3. The Morgan fingerprint density at radius 3 is 2.71 bits per heavy atom. The molecule has 1 atom stereocenters. The minimum atomic E-state index is -0.412. The number of ether oxygens (including phenoxy) is 1. The van der Waals surface area contributed by atoms with E-state index in [1.807, 2.05) is 31.2 Å². The molecular formula is C24H22N8O2. The van der Waals surface area contributed by atoms with Crippen LogP contribution >= 0.6 is 0 Å². The molecule has 1 saturated carbocycles. The molecule has 0 unspecified atom stereocenters. The molecule has 10 nitrogen and oxygen atoms in total. The fourth-order valence-corrected chi connectivity index (χ4v) is 4.01. The van der Waals surface area contributed by atoms with E-state index < -0.39 is 6.04 Å². The molecule has 0 saturated heterocycles. The van der Waals surface area contributed by atoms with Gasteiger partial charge in [-0.25, -0.2) is 15.0 Å². The summed E-state index contributed by atoms with van der Waals surface area (Å²) >= 11 is 0. The zero-order chi connectivity index (χ0) is 23.8. The van der Waals surface area contributed by atoms with Crippen molar-refractivity contribution in [3.8, 4) is 23.1 Å². The highest BCUT2D eigenvalue weighted by atomic mass is 16.5. The monoisotopic (exact) mass is 454 g/mol. The summed E-state index contributed by atoms with van der Waals surface area (Å²) < 4.78 is 6.92. The van der Waals surface area contributed by atoms with E-state index in [9.17, 15) is 10.1 Å². The first-order valence-electron chi connectivity index (χ1n) is 10.8. The molecule has 10 heteroatoms. The SMILES string of the molecule is COc1ccc(-c2cccc3nc([C@@H](C)Nc4nc(N)ncc4C#N)n(C4CC4)c(=O)c23)cn1. The lowest BCUT2D eigenvalue weighted by Gasteiger charge is -2.21. The molecule has 0 amide bonds. The number of pyridine rings is 1. The Morgan fingerprint density at radius 1 is 1.21 bits per heavy atom. The Balaban J connectivity index is 1.64. The number of hydrogen-bond acceptors (Lipinski definition) is 9. The number of nitrogens with zero attached hydrogens (tertiary/aromatic N) is 6. The van der Waals surface area contributed by atoms with Crippen LogP contribution in [0.3, 0.4) is 0 Å². The van der Waals surface area contributed by atoms with E-state index in [1.54, 1.807) is 23.9 Å². The van der Waals surface area contributed by atoms with Crippen LogP contribution in [0.4, 0.5) is 11.8 Å². The maximum atomic E-state index is 13.8. The molecular weight excluding hydrogens is 432 g/mol. The number of hydrogen-bond donors (Lipinski definition) is 2. The molecule has 0 aliphatic heterocycles. The molecule has 170 valence electrons. The summed E-state index contributed by atoms with van der Waals surface area (Å²) in [6.45, 7) is 1.88. The minimum absolute atomic E-state index is 0.0532. The number of anilines is 2. The number of nitrogens with two attached hydrogens (primary N) is 1. The van der Waals surface area contributed by atoms with Crippen LogP contribution in [0.2, 0.25) is 0 Å². The third kappa shape index (κ3) is 3.77. The molecule has 0 spiro atoms. The van der Waals surface area contributed by atoms with Gasteiger partial charge in [-0.3, -0.25) is 9.36 Å². The number of fused-ring (bicyclic) bond motifs is 1. The molecule has 34 heavy (non-hydrogen) atoms. The minimum Gasteiger partial charge on any atom is -0.481 e. The Kier molecular flexibility index (Phi) is 5.30. The number of methoxy groups -OCH3 is 1. The highest BCUT2D eigenvalue weighted by molar-refractivity contribution is 5.94. The van der Waals surface area contributed by atoms with Crippen molar-refractivity contribution >= 4 is 22.7 Å². The fraction of sp³-hybridized carbons (Fsp3) is 0.250. The van der Waals surface area contributed by atoms with E-state index in [1.165, 1.54) is 6.20 Å². The largest absolute Gasteiger partial charge is 0.481 e. The van der Waals surface area contributed by atoms with Crippen LogP contribution in [0, 0.1) is 11.3 Å². The summed E-state index contributed by atoms with van der Waals surface area (Å²) in [6.07, 6.45) is 4.87. The highest BCUT2D eigenvalue weighted by Gasteiger charge is 2.31. The topological polar surface area (TPSA) is 145 Å². The molecule has 1 fully saturated rings. The van der Waals surface area contributed by atoms with Crippen LogP contribution in [0.25, 0.3) is 22.0 Å². The predicted molar refractivity (Wildman–Crippen MR) is 127 cm³/mol. The third-order valence-electron chi connectivity index (χ3n) is 5.79. The average Bonchev–Trinajstić information content (AvgIpc) is 3.69. The zero-order valence-corrected chi connectivity index (χ0v) is 18.7. The number of nitriles is 1. The maximum absolute atomic E-state index is 13.8. The summed E-state index contributed by atoms with van der Waals surface area (Å²) in [6, 6.07) is 11.0. The van der Waals surface area contributed by atoms with Crippen LogP contribution in [-0.4, -0.2) is 31.6 Å². The lowest BCUT2D eigenvalue weighted by atomic mass is 10.0. The van der Waals surface area contributed by atoms with Gasteiger partial charge in [0.2, 0.25) is 11.8 Å². The van der Waals surface area contributed by atoms with Gasteiger partial charge in [0, 0.05) is 23.9 Å². The summed E-state index contributed by atoms with van der Waals surface area (Å²) in [7, 11) is 1.56. The average molecular weight is 454 g/mol. The van der Waals surface area contributed by atoms with Gasteiger partial charge in [0.1, 0.15) is 23.3 Å². The van der Waals surface area contributed by atoms with Crippen molar-refractivity contribution < 1.29 is 4.74 Å². The van der Waals surface area contributed by atoms with Crippen molar-refractivity contribution in [3.05, 3.63) is 64.5 Å². The van der Waals surface area contributed by atoms with E-state index in [0.29, 0.717) is 28.4 Å². The zero-order valence-electron chi connectivity index (χ0n) is 18.7. The highest BCUT2D eigenvalue weighted by Crippen LogP contribution is 2.37.